The molecule has 112 valence electrons. The van der Waals surface area contributed by atoms with E-state index in [1.165, 1.54) is 12.1 Å². The zero-order chi connectivity index (χ0) is 14.8. The molecule has 0 aliphatic heterocycles. The van der Waals surface area contributed by atoms with Crippen LogP contribution in [0.2, 0.25) is 0 Å². The van der Waals surface area contributed by atoms with Crippen LogP contribution in [0.1, 0.15) is 25.7 Å². The molecule has 0 heterocycles. The highest BCUT2D eigenvalue weighted by Crippen LogP contribution is 2.41. The first kappa shape index (κ1) is 16.0. The van der Waals surface area contributed by atoms with Crippen LogP contribution in [-0.4, -0.2) is 20.8 Å². The minimum absolute atomic E-state index is 0.103. The maximum atomic E-state index is 13.2. The quantitative estimate of drug-likeness (QED) is 0.717. The van der Waals surface area contributed by atoms with Gasteiger partial charge in [-0.3, -0.25) is 0 Å². The third kappa shape index (κ3) is 4.33. The number of halogens is 3. The average molecular weight is 386 g/mol. The molecule has 1 aromatic carbocycles. The van der Waals surface area contributed by atoms with E-state index in [9.17, 15) is 12.8 Å². The fourth-order valence-electron chi connectivity index (χ4n) is 2.64. The molecule has 0 radical (unpaired) electrons. The van der Waals surface area contributed by atoms with E-state index >= 15 is 0 Å². The van der Waals surface area contributed by atoms with E-state index in [2.05, 4.69) is 15.9 Å². The Labute approximate surface area is 131 Å². The first-order valence-electron chi connectivity index (χ1n) is 6.30. The average Bonchev–Trinajstić information content (AvgIpc) is 2.77. The van der Waals surface area contributed by atoms with Crippen molar-refractivity contribution in [3.63, 3.8) is 0 Å². The van der Waals surface area contributed by atoms with Gasteiger partial charge in [-0.15, -0.1) is 0 Å². The molecule has 7 heteroatoms. The summed E-state index contributed by atoms with van der Waals surface area (Å²) in [5.41, 5.74) is -0.466. The molecule has 2 rings (SSSR count). The standard InChI is InChI=1S/C13H15BrClFO3S/c14-11-4-3-10(16)7-12(11)19-8-13(5-1-2-6-13)9-20(15,17)18/h3-4,7H,1-2,5-6,8-9H2. The SMILES string of the molecule is O=S(=O)(Cl)CC1(COc2cc(F)ccc2Br)CCCC1. The van der Waals surface area contributed by atoms with Crippen LogP contribution in [0.5, 0.6) is 5.75 Å². The minimum atomic E-state index is -3.58. The molecule has 1 aromatic rings. The monoisotopic (exact) mass is 384 g/mol. The fourth-order valence-corrected chi connectivity index (χ4v) is 4.80. The molecule has 1 aliphatic carbocycles. The van der Waals surface area contributed by atoms with Crippen LogP contribution in [0.4, 0.5) is 4.39 Å². The van der Waals surface area contributed by atoms with Crippen molar-refractivity contribution < 1.29 is 17.5 Å². The highest BCUT2D eigenvalue weighted by Gasteiger charge is 2.38. The van der Waals surface area contributed by atoms with E-state index in [1.54, 1.807) is 6.07 Å². The Morgan fingerprint density at radius 2 is 2.00 bits per heavy atom. The largest absolute Gasteiger partial charge is 0.492 e. The van der Waals surface area contributed by atoms with Gasteiger partial charge >= 0.3 is 0 Å². The number of hydrogen-bond donors (Lipinski definition) is 0. The van der Waals surface area contributed by atoms with E-state index < -0.39 is 20.3 Å². The second-order valence-electron chi connectivity index (χ2n) is 5.25. The van der Waals surface area contributed by atoms with Gasteiger partial charge in [-0.05, 0) is 40.9 Å². The van der Waals surface area contributed by atoms with E-state index in [0.29, 0.717) is 10.2 Å². The summed E-state index contributed by atoms with van der Waals surface area (Å²) < 4.78 is 42.2. The molecule has 20 heavy (non-hydrogen) atoms. The molecule has 1 fully saturated rings. The van der Waals surface area contributed by atoms with Crippen molar-refractivity contribution >= 4 is 35.7 Å². The Balaban J connectivity index is 2.11. The normalized spacial score (nSPS) is 18.1. The Bertz CT molecular complexity index is 585. The van der Waals surface area contributed by atoms with E-state index in [-0.39, 0.29) is 12.4 Å². The van der Waals surface area contributed by atoms with Crippen molar-refractivity contribution in [1.29, 1.82) is 0 Å². The van der Waals surface area contributed by atoms with Gasteiger partial charge < -0.3 is 4.74 Å². The van der Waals surface area contributed by atoms with E-state index in [0.717, 1.165) is 25.7 Å². The Morgan fingerprint density at radius 1 is 1.35 bits per heavy atom. The van der Waals surface area contributed by atoms with Crippen LogP contribution < -0.4 is 4.74 Å². The molecule has 0 aromatic heterocycles. The lowest BCUT2D eigenvalue weighted by Crippen LogP contribution is -2.32. The Kier molecular flexibility index (Phi) is 4.97. The van der Waals surface area contributed by atoms with Crippen LogP contribution in [0, 0.1) is 11.2 Å². The lowest BCUT2D eigenvalue weighted by Gasteiger charge is -2.27. The Morgan fingerprint density at radius 3 is 2.60 bits per heavy atom. The number of rotatable bonds is 5. The molecule has 0 atom stereocenters. The summed E-state index contributed by atoms with van der Waals surface area (Å²) >= 11 is 3.28. The summed E-state index contributed by atoms with van der Waals surface area (Å²) in [6.07, 6.45) is 3.43. The minimum Gasteiger partial charge on any atom is -0.492 e. The number of benzene rings is 1. The molecular formula is C13H15BrClFO3S. The highest BCUT2D eigenvalue weighted by molar-refractivity contribution is 9.10. The smallest absolute Gasteiger partial charge is 0.233 e. The molecule has 1 saturated carbocycles. The molecule has 0 N–H and O–H groups in total. The highest BCUT2D eigenvalue weighted by atomic mass is 79.9. The van der Waals surface area contributed by atoms with Crippen LogP contribution in [0.25, 0.3) is 0 Å². The maximum absolute atomic E-state index is 13.2. The third-order valence-corrected chi connectivity index (χ3v) is 5.51. The number of ether oxygens (including phenoxy) is 1. The van der Waals surface area contributed by atoms with Crippen molar-refractivity contribution in [3.05, 3.63) is 28.5 Å². The maximum Gasteiger partial charge on any atom is 0.233 e. The Hall–Kier alpha value is -0.330. The van der Waals surface area contributed by atoms with Crippen molar-refractivity contribution in [1.82, 2.24) is 0 Å². The first-order chi connectivity index (χ1) is 9.30. The summed E-state index contributed by atoms with van der Waals surface area (Å²) in [6, 6.07) is 4.16. The van der Waals surface area contributed by atoms with Gasteiger partial charge in [0.1, 0.15) is 11.6 Å². The van der Waals surface area contributed by atoms with E-state index in [1.807, 2.05) is 0 Å². The molecule has 0 spiro atoms. The van der Waals surface area contributed by atoms with Gasteiger partial charge in [-0.1, -0.05) is 12.8 Å². The van der Waals surface area contributed by atoms with Gasteiger partial charge in [0, 0.05) is 22.2 Å². The second kappa shape index (κ2) is 6.20. The fraction of sp³-hybridized carbons (Fsp3) is 0.538. The summed E-state index contributed by atoms with van der Waals surface area (Å²) in [4.78, 5) is 0. The molecule has 0 unspecified atom stereocenters. The van der Waals surface area contributed by atoms with Gasteiger partial charge in [0.2, 0.25) is 9.05 Å². The summed E-state index contributed by atoms with van der Waals surface area (Å²) in [5, 5.41) is 0. The van der Waals surface area contributed by atoms with Gasteiger partial charge in [0.25, 0.3) is 0 Å². The predicted molar refractivity (Wildman–Crippen MR) is 80.1 cm³/mol. The van der Waals surface area contributed by atoms with Gasteiger partial charge in [0.05, 0.1) is 16.8 Å². The zero-order valence-electron chi connectivity index (χ0n) is 10.7. The lowest BCUT2D eigenvalue weighted by molar-refractivity contribution is 0.169. The molecule has 1 aliphatic rings. The summed E-state index contributed by atoms with van der Waals surface area (Å²) in [7, 11) is 1.81. The topological polar surface area (TPSA) is 43.4 Å². The molecule has 0 amide bonds. The lowest BCUT2D eigenvalue weighted by atomic mass is 9.90. The summed E-state index contributed by atoms with van der Waals surface area (Å²) in [5.74, 6) is -0.119. The summed E-state index contributed by atoms with van der Waals surface area (Å²) in [6.45, 7) is 0.223. The second-order valence-corrected chi connectivity index (χ2v) is 8.88. The van der Waals surface area contributed by atoms with Gasteiger partial charge in [0.15, 0.2) is 0 Å². The number of hydrogen-bond acceptors (Lipinski definition) is 3. The molecule has 0 bridgehead atoms. The third-order valence-electron chi connectivity index (χ3n) is 3.57. The van der Waals surface area contributed by atoms with Gasteiger partial charge in [-0.2, -0.15) is 0 Å². The van der Waals surface area contributed by atoms with Crippen molar-refractivity contribution in [3.8, 4) is 5.75 Å². The van der Waals surface area contributed by atoms with Crippen LogP contribution in [0.3, 0.4) is 0 Å². The van der Waals surface area contributed by atoms with E-state index in [4.69, 9.17) is 15.4 Å². The molecule has 3 nitrogen and oxygen atoms in total. The van der Waals surface area contributed by atoms with Crippen LogP contribution in [-0.2, 0) is 9.05 Å². The molecular weight excluding hydrogens is 371 g/mol. The van der Waals surface area contributed by atoms with Crippen LogP contribution in [0.15, 0.2) is 22.7 Å². The predicted octanol–water partition coefficient (Wildman–Crippen LogP) is 4.10. The molecule has 0 saturated heterocycles. The van der Waals surface area contributed by atoms with Gasteiger partial charge in [-0.25, -0.2) is 12.8 Å². The first-order valence-corrected chi connectivity index (χ1v) is 9.57. The van der Waals surface area contributed by atoms with Crippen molar-refractivity contribution in [2.45, 2.75) is 25.7 Å². The zero-order valence-corrected chi connectivity index (χ0v) is 13.9. The van der Waals surface area contributed by atoms with Crippen molar-refractivity contribution in [2.24, 2.45) is 5.41 Å². The van der Waals surface area contributed by atoms with Crippen LogP contribution >= 0.6 is 26.6 Å². The van der Waals surface area contributed by atoms with Crippen molar-refractivity contribution in [2.75, 3.05) is 12.4 Å².